The van der Waals surface area contributed by atoms with Gasteiger partial charge in [-0.1, -0.05) is 40.5 Å². The molecule has 0 aliphatic rings. The Hall–Kier alpha value is -2.73. The average molecular weight is 487 g/mol. The Morgan fingerprint density at radius 2 is 1.44 bits per heavy atom. The molecule has 12 heteroatoms. The van der Waals surface area contributed by atoms with E-state index in [0.29, 0.717) is 25.8 Å². The molecule has 0 aliphatic carbocycles. The number of carboxylic acid groups (broad SMARTS) is 1. The summed E-state index contributed by atoms with van der Waals surface area (Å²) in [6, 6.07) is -4.21. The number of nitrogens with one attached hydrogen (secondary N) is 3. The number of hydrogen-bond acceptors (Lipinski definition) is 7. The minimum Gasteiger partial charge on any atom is -0.480 e. The maximum absolute atomic E-state index is 13.0. The second kappa shape index (κ2) is 16.0. The monoisotopic (exact) mass is 486 g/mol. The molecule has 10 N–H and O–H groups in total. The third-order valence-electron chi connectivity index (χ3n) is 5.64. The van der Waals surface area contributed by atoms with Gasteiger partial charge in [-0.2, -0.15) is 0 Å². The molecule has 0 saturated carbocycles. The maximum atomic E-state index is 13.0. The third kappa shape index (κ3) is 11.4. The van der Waals surface area contributed by atoms with Crippen LogP contribution in [-0.4, -0.2) is 65.4 Å². The van der Waals surface area contributed by atoms with E-state index in [2.05, 4.69) is 16.0 Å². The van der Waals surface area contributed by atoms with E-state index in [1.54, 1.807) is 27.7 Å². The summed E-state index contributed by atoms with van der Waals surface area (Å²) < 4.78 is 0. The van der Waals surface area contributed by atoms with Crippen molar-refractivity contribution < 1.29 is 29.1 Å². The Morgan fingerprint density at radius 1 is 0.853 bits per heavy atom. The number of amides is 4. The van der Waals surface area contributed by atoms with Gasteiger partial charge in [0.25, 0.3) is 0 Å². The van der Waals surface area contributed by atoms with Crippen LogP contribution < -0.4 is 33.2 Å². The SMILES string of the molecule is CCC(C)C(NC(=O)C(CCC(N)=O)NC(=O)C(NC(=O)C(N)CCCCN)C(C)C)C(=O)O. The highest BCUT2D eigenvalue weighted by Crippen LogP contribution is 2.10. The van der Waals surface area contributed by atoms with E-state index in [9.17, 15) is 29.1 Å². The van der Waals surface area contributed by atoms with Crippen LogP contribution in [0.5, 0.6) is 0 Å². The predicted octanol–water partition coefficient (Wildman–Crippen LogP) is -1.05. The van der Waals surface area contributed by atoms with Crippen LogP contribution in [-0.2, 0) is 24.0 Å². The fourth-order valence-corrected chi connectivity index (χ4v) is 3.19. The van der Waals surface area contributed by atoms with E-state index in [4.69, 9.17) is 17.2 Å². The number of aliphatic carboxylic acids is 1. The Labute approximate surface area is 201 Å². The summed E-state index contributed by atoms with van der Waals surface area (Å²) in [5.41, 5.74) is 16.5. The summed E-state index contributed by atoms with van der Waals surface area (Å²) in [5, 5.41) is 17.0. The Balaban J connectivity index is 5.46. The van der Waals surface area contributed by atoms with Gasteiger partial charge in [0.1, 0.15) is 18.1 Å². The zero-order valence-corrected chi connectivity index (χ0v) is 20.6. The van der Waals surface area contributed by atoms with Crippen molar-refractivity contribution in [3.05, 3.63) is 0 Å². The largest absolute Gasteiger partial charge is 0.480 e. The van der Waals surface area contributed by atoms with Gasteiger partial charge in [-0.25, -0.2) is 4.79 Å². The highest BCUT2D eigenvalue weighted by molar-refractivity contribution is 5.94. The molecule has 4 amide bonds. The first-order chi connectivity index (χ1) is 15.8. The standard InChI is InChI=1S/C22H42N6O6/c1-5-13(4)18(22(33)34)28-20(31)15(9-10-16(25)29)26-21(32)17(12(2)3)27-19(30)14(24)8-6-7-11-23/h12-15,17-18H,5-11,23-24H2,1-4H3,(H2,25,29)(H,26,32)(H,27,30)(H,28,31)(H,33,34). The number of rotatable bonds is 17. The highest BCUT2D eigenvalue weighted by Gasteiger charge is 2.33. The molecule has 0 spiro atoms. The second-order valence-corrected chi connectivity index (χ2v) is 8.90. The zero-order valence-electron chi connectivity index (χ0n) is 20.6. The van der Waals surface area contributed by atoms with Crippen molar-refractivity contribution in [1.29, 1.82) is 0 Å². The fourth-order valence-electron chi connectivity index (χ4n) is 3.19. The molecule has 0 aromatic heterocycles. The molecule has 5 unspecified atom stereocenters. The summed E-state index contributed by atoms with van der Waals surface area (Å²) in [6.45, 7) is 7.38. The lowest BCUT2D eigenvalue weighted by Gasteiger charge is -2.27. The maximum Gasteiger partial charge on any atom is 0.326 e. The van der Waals surface area contributed by atoms with Gasteiger partial charge in [0.15, 0.2) is 0 Å². The quantitative estimate of drug-likeness (QED) is 0.125. The molecule has 0 fully saturated rings. The van der Waals surface area contributed by atoms with E-state index in [1.165, 1.54) is 0 Å². The number of carbonyl (C=O) groups excluding carboxylic acids is 4. The minimum atomic E-state index is -1.22. The molecular formula is C22H42N6O6. The first-order valence-corrected chi connectivity index (χ1v) is 11.7. The molecule has 0 aromatic rings. The molecule has 5 atom stereocenters. The van der Waals surface area contributed by atoms with Crippen LogP contribution in [0.1, 0.15) is 66.2 Å². The van der Waals surface area contributed by atoms with Gasteiger partial charge in [-0.05, 0) is 37.6 Å². The smallest absolute Gasteiger partial charge is 0.326 e. The van der Waals surface area contributed by atoms with Crippen molar-refractivity contribution in [1.82, 2.24) is 16.0 Å². The van der Waals surface area contributed by atoms with Crippen molar-refractivity contribution in [2.45, 2.75) is 90.4 Å². The molecule has 196 valence electrons. The van der Waals surface area contributed by atoms with Crippen LogP contribution in [0.3, 0.4) is 0 Å². The van der Waals surface area contributed by atoms with Gasteiger partial charge in [-0.15, -0.1) is 0 Å². The fraction of sp³-hybridized carbons (Fsp3) is 0.773. The van der Waals surface area contributed by atoms with E-state index in [1.807, 2.05) is 0 Å². The lowest BCUT2D eigenvalue weighted by molar-refractivity contribution is -0.144. The topological polar surface area (TPSA) is 220 Å². The number of carboxylic acids is 1. The van der Waals surface area contributed by atoms with Gasteiger partial charge in [-0.3, -0.25) is 19.2 Å². The molecule has 0 radical (unpaired) electrons. The summed E-state index contributed by atoms with van der Waals surface area (Å²) in [4.78, 5) is 61.1. The number of carbonyl (C=O) groups is 5. The molecular weight excluding hydrogens is 444 g/mol. The summed E-state index contributed by atoms with van der Waals surface area (Å²) >= 11 is 0. The van der Waals surface area contributed by atoms with Gasteiger partial charge < -0.3 is 38.3 Å². The minimum absolute atomic E-state index is 0.128. The van der Waals surface area contributed by atoms with Crippen molar-refractivity contribution in [2.24, 2.45) is 29.0 Å². The van der Waals surface area contributed by atoms with Gasteiger partial charge >= 0.3 is 5.97 Å². The second-order valence-electron chi connectivity index (χ2n) is 8.90. The molecule has 0 rings (SSSR count). The Kier molecular flexibility index (Phi) is 14.7. The van der Waals surface area contributed by atoms with E-state index in [-0.39, 0.29) is 24.7 Å². The normalized spacial score (nSPS) is 15.5. The third-order valence-corrected chi connectivity index (χ3v) is 5.64. The van der Waals surface area contributed by atoms with Crippen LogP contribution in [0.2, 0.25) is 0 Å². The summed E-state index contributed by atoms with van der Waals surface area (Å²) in [6.07, 6.45) is 1.97. The van der Waals surface area contributed by atoms with Gasteiger partial charge in [0.05, 0.1) is 6.04 Å². The van der Waals surface area contributed by atoms with Crippen LogP contribution in [0.4, 0.5) is 0 Å². The Morgan fingerprint density at radius 3 is 1.91 bits per heavy atom. The van der Waals surface area contributed by atoms with Crippen LogP contribution in [0.15, 0.2) is 0 Å². The number of hydrogen-bond donors (Lipinski definition) is 7. The molecule has 0 aliphatic heterocycles. The Bertz CT molecular complexity index is 701. The number of primary amides is 1. The first-order valence-electron chi connectivity index (χ1n) is 11.7. The van der Waals surface area contributed by atoms with Crippen molar-refractivity contribution in [3.63, 3.8) is 0 Å². The first kappa shape index (κ1) is 31.3. The van der Waals surface area contributed by atoms with Gasteiger partial charge in [0, 0.05) is 6.42 Å². The molecule has 34 heavy (non-hydrogen) atoms. The summed E-state index contributed by atoms with van der Waals surface area (Å²) in [7, 11) is 0. The average Bonchev–Trinajstić information content (AvgIpc) is 2.76. The van der Waals surface area contributed by atoms with Crippen molar-refractivity contribution >= 4 is 29.6 Å². The zero-order chi connectivity index (χ0) is 26.4. The molecule has 12 nitrogen and oxygen atoms in total. The molecule has 0 bridgehead atoms. The summed E-state index contributed by atoms with van der Waals surface area (Å²) in [5.74, 6) is -4.51. The van der Waals surface area contributed by atoms with Crippen molar-refractivity contribution in [3.8, 4) is 0 Å². The van der Waals surface area contributed by atoms with E-state index < -0.39 is 53.8 Å². The van der Waals surface area contributed by atoms with Crippen molar-refractivity contribution in [2.75, 3.05) is 6.54 Å². The molecule has 0 aromatic carbocycles. The molecule has 0 saturated heterocycles. The lowest BCUT2D eigenvalue weighted by Crippen LogP contribution is -2.59. The van der Waals surface area contributed by atoms with Crippen LogP contribution in [0.25, 0.3) is 0 Å². The highest BCUT2D eigenvalue weighted by atomic mass is 16.4. The van der Waals surface area contributed by atoms with Crippen LogP contribution >= 0.6 is 0 Å². The number of unbranched alkanes of at least 4 members (excludes halogenated alkanes) is 1. The predicted molar refractivity (Wildman–Crippen MR) is 127 cm³/mol. The van der Waals surface area contributed by atoms with Crippen LogP contribution in [0, 0.1) is 11.8 Å². The molecule has 0 heterocycles. The lowest BCUT2D eigenvalue weighted by atomic mass is 9.98. The van der Waals surface area contributed by atoms with E-state index in [0.717, 1.165) is 6.42 Å². The number of nitrogens with two attached hydrogens (primary N) is 3. The van der Waals surface area contributed by atoms with E-state index >= 15 is 0 Å². The van der Waals surface area contributed by atoms with Gasteiger partial charge in [0.2, 0.25) is 23.6 Å².